The van der Waals surface area contributed by atoms with Gasteiger partial charge in [0, 0.05) is 19.1 Å². The molecule has 0 aromatic rings. The molecule has 0 radical (unpaired) electrons. The first-order valence-electron chi connectivity index (χ1n) is 7.07. The number of rotatable bonds is 4. The molecule has 1 unspecified atom stereocenters. The molecule has 3 aliphatic carbocycles. The van der Waals surface area contributed by atoms with Gasteiger partial charge in [-0.05, 0) is 51.4 Å². The summed E-state index contributed by atoms with van der Waals surface area (Å²) >= 11 is 0. The van der Waals surface area contributed by atoms with Gasteiger partial charge in [-0.3, -0.25) is 0 Å². The number of fused-ring (bicyclic) bond motifs is 1. The van der Waals surface area contributed by atoms with Crippen molar-refractivity contribution < 1.29 is 9.53 Å². The third-order valence-electron chi connectivity index (χ3n) is 4.27. The van der Waals surface area contributed by atoms with Gasteiger partial charge in [0.25, 0.3) is 0 Å². The van der Waals surface area contributed by atoms with Gasteiger partial charge in [-0.1, -0.05) is 6.92 Å². The number of nitrogens with one attached hydrogen (secondary N) is 2. The Bertz CT molecular complexity index is 311. The van der Waals surface area contributed by atoms with Crippen LogP contribution < -0.4 is 10.6 Å². The second-order valence-corrected chi connectivity index (χ2v) is 6.74. The van der Waals surface area contributed by atoms with E-state index in [-0.39, 0.29) is 6.09 Å². The van der Waals surface area contributed by atoms with Crippen molar-refractivity contribution in [2.45, 2.75) is 52.2 Å². The molecule has 0 heterocycles. The molecule has 0 aromatic carbocycles. The Morgan fingerprint density at radius 1 is 1.28 bits per heavy atom. The molecular weight excluding hydrogens is 228 g/mol. The minimum atomic E-state index is -0.417. The van der Waals surface area contributed by atoms with E-state index in [4.69, 9.17) is 4.74 Å². The Hall–Kier alpha value is -0.770. The molecule has 3 saturated carbocycles. The van der Waals surface area contributed by atoms with Crippen LogP contribution in [0.1, 0.15) is 40.5 Å². The van der Waals surface area contributed by atoms with Crippen molar-refractivity contribution in [1.29, 1.82) is 0 Å². The largest absolute Gasteiger partial charge is 0.444 e. The Morgan fingerprint density at radius 2 is 2.00 bits per heavy atom. The second-order valence-electron chi connectivity index (χ2n) is 6.74. The van der Waals surface area contributed by atoms with Crippen molar-refractivity contribution in [3.63, 3.8) is 0 Å². The number of hydrogen-bond donors (Lipinski definition) is 2. The lowest BCUT2D eigenvalue weighted by Crippen LogP contribution is -2.41. The molecule has 3 aliphatic rings. The molecule has 104 valence electrons. The molecule has 4 nitrogen and oxygen atoms in total. The SMILES string of the molecule is C[C@@H]1[C@H]2CC(NCCNC(=O)OC(C)(C)C)[C@@H]1C2. The van der Waals surface area contributed by atoms with Gasteiger partial charge in [0.2, 0.25) is 0 Å². The van der Waals surface area contributed by atoms with Crippen LogP contribution in [0.15, 0.2) is 0 Å². The molecule has 1 amide bonds. The fourth-order valence-electron chi connectivity index (χ4n) is 3.25. The first-order chi connectivity index (χ1) is 8.37. The van der Waals surface area contributed by atoms with E-state index in [1.165, 1.54) is 12.8 Å². The zero-order chi connectivity index (χ0) is 13.3. The van der Waals surface area contributed by atoms with Crippen LogP contribution in [0.4, 0.5) is 4.79 Å². The standard InChI is InChI=1S/C14H26N2O2/c1-9-10-7-11(9)12(8-10)15-5-6-16-13(17)18-14(2,3)4/h9-12,15H,5-8H2,1-4H3,(H,16,17)/t9-,10-,11-,12?/m1/s1. The molecule has 0 aliphatic heterocycles. The molecule has 2 N–H and O–H groups in total. The highest BCUT2D eigenvalue weighted by atomic mass is 16.6. The summed E-state index contributed by atoms with van der Waals surface area (Å²) in [5, 5.41) is 6.33. The third kappa shape index (κ3) is 3.16. The van der Waals surface area contributed by atoms with E-state index in [0.29, 0.717) is 12.6 Å². The van der Waals surface area contributed by atoms with Gasteiger partial charge >= 0.3 is 6.09 Å². The number of amides is 1. The van der Waals surface area contributed by atoms with Gasteiger partial charge in [-0.15, -0.1) is 0 Å². The van der Waals surface area contributed by atoms with Gasteiger partial charge in [0.05, 0.1) is 0 Å². The van der Waals surface area contributed by atoms with Crippen LogP contribution in [0.2, 0.25) is 0 Å². The average Bonchev–Trinajstić information content (AvgIpc) is 2.78. The predicted molar refractivity (Wildman–Crippen MR) is 71.4 cm³/mol. The van der Waals surface area contributed by atoms with Crippen LogP contribution in [-0.2, 0) is 4.74 Å². The second kappa shape index (κ2) is 5.08. The smallest absolute Gasteiger partial charge is 0.407 e. The quantitative estimate of drug-likeness (QED) is 0.756. The van der Waals surface area contributed by atoms with E-state index in [2.05, 4.69) is 17.6 Å². The molecule has 4 atom stereocenters. The van der Waals surface area contributed by atoms with Crippen molar-refractivity contribution in [1.82, 2.24) is 10.6 Å². The lowest BCUT2D eigenvalue weighted by Gasteiger charge is -2.33. The maximum Gasteiger partial charge on any atom is 0.407 e. The summed E-state index contributed by atoms with van der Waals surface area (Å²) in [4.78, 5) is 11.4. The fourth-order valence-corrected chi connectivity index (χ4v) is 3.25. The molecule has 3 rings (SSSR count). The Kier molecular flexibility index (Phi) is 3.85. The maximum absolute atomic E-state index is 11.4. The Labute approximate surface area is 110 Å². The number of alkyl carbamates (subject to hydrolysis) is 1. The summed E-state index contributed by atoms with van der Waals surface area (Å²) in [7, 11) is 0. The number of ether oxygens (including phenoxy) is 1. The lowest BCUT2D eigenvalue weighted by molar-refractivity contribution is 0.0527. The van der Waals surface area contributed by atoms with Crippen molar-refractivity contribution >= 4 is 6.09 Å². The highest BCUT2D eigenvalue weighted by Gasteiger charge is 2.49. The minimum absolute atomic E-state index is 0.326. The van der Waals surface area contributed by atoms with E-state index >= 15 is 0 Å². The van der Waals surface area contributed by atoms with E-state index in [1.54, 1.807) is 0 Å². The number of carbonyl (C=O) groups is 1. The molecule has 4 heteroatoms. The molecule has 18 heavy (non-hydrogen) atoms. The Morgan fingerprint density at radius 3 is 2.50 bits per heavy atom. The molecular formula is C14H26N2O2. The highest BCUT2D eigenvalue weighted by molar-refractivity contribution is 5.67. The summed E-state index contributed by atoms with van der Waals surface area (Å²) in [6, 6.07) is 0.672. The number of carbonyl (C=O) groups excluding carboxylic acids is 1. The van der Waals surface area contributed by atoms with Crippen LogP contribution in [-0.4, -0.2) is 30.8 Å². The molecule has 0 saturated heterocycles. The normalized spacial score (nSPS) is 34.0. The van der Waals surface area contributed by atoms with Crippen LogP contribution in [0.3, 0.4) is 0 Å². The molecule has 0 aromatic heterocycles. The van der Waals surface area contributed by atoms with Gasteiger partial charge in [-0.25, -0.2) is 4.79 Å². The fraction of sp³-hybridized carbons (Fsp3) is 0.929. The highest BCUT2D eigenvalue weighted by Crippen LogP contribution is 2.53. The monoisotopic (exact) mass is 254 g/mol. The predicted octanol–water partition coefficient (Wildman–Crippen LogP) is 2.15. The van der Waals surface area contributed by atoms with Crippen LogP contribution in [0, 0.1) is 17.8 Å². The summed E-state index contributed by atoms with van der Waals surface area (Å²) in [6.45, 7) is 9.45. The molecule has 3 fully saturated rings. The Balaban J connectivity index is 1.55. The zero-order valence-electron chi connectivity index (χ0n) is 12.0. The zero-order valence-corrected chi connectivity index (χ0v) is 12.0. The van der Waals surface area contributed by atoms with E-state index < -0.39 is 5.60 Å². The summed E-state index contributed by atoms with van der Waals surface area (Å²) in [5.41, 5.74) is -0.417. The van der Waals surface area contributed by atoms with E-state index in [0.717, 1.165) is 24.3 Å². The van der Waals surface area contributed by atoms with Gasteiger partial charge in [0.15, 0.2) is 0 Å². The van der Waals surface area contributed by atoms with Crippen molar-refractivity contribution in [2.75, 3.05) is 13.1 Å². The lowest BCUT2D eigenvalue weighted by atomic mass is 9.73. The van der Waals surface area contributed by atoms with Crippen molar-refractivity contribution in [3.05, 3.63) is 0 Å². The van der Waals surface area contributed by atoms with Crippen LogP contribution >= 0.6 is 0 Å². The average molecular weight is 254 g/mol. The van der Waals surface area contributed by atoms with E-state index in [1.807, 2.05) is 20.8 Å². The minimum Gasteiger partial charge on any atom is -0.444 e. The number of hydrogen-bond acceptors (Lipinski definition) is 3. The van der Waals surface area contributed by atoms with Gasteiger partial charge in [0.1, 0.15) is 5.60 Å². The summed E-state index contributed by atoms with van der Waals surface area (Å²) in [6.07, 6.45) is 2.39. The molecule has 2 bridgehead atoms. The van der Waals surface area contributed by atoms with Crippen LogP contribution in [0.25, 0.3) is 0 Å². The summed E-state index contributed by atoms with van der Waals surface area (Å²) < 4.78 is 5.18. The van der Waals surface area contributed by atoms with Crippen molar-refractivity contribution in [3.8, 4) is 0 Å². The van der Waals surface area contributed by atoms with Crippen LogP contribution in [0.5, 0.6) is 0 Å². The first-order valence-corrected chi connectivity index (χ1v) is 7.07. The third-order valence-corrected chi connectivity index (χ3v) is 4.27. The maximum atomic E-state index is 11.4. The van der Waals surface area contributed by atoms with E-state index in [9.17, 15) is 4.79 Å². The van der Waals surface area contributed by atoms with Gasteiger partial charge < -0.3 is 15.4 Å². The van der Waals surface area contributed by atoms with Crippen molar-refractivity contribution in [2.24, 2.45) is 17.8 Å². The summed E-state index contributed by atoms with van der Waals surface area (Å²) in [5.74, 6) is 2.73. The first kappa shape index (κ1) is 13.7. The molecule has 0 spiro atoms. The van der Waals surface area contributed by atoms with Gasteiger partial charge in [-0.2, -0.15) is 0 Å². The topological polar surface area (TPSA) is 50.4 Å².